The van der Waals surface area contributed by atoms with Gasteiger partial charge in [0.1, 0.15) is 16.8 Å². The van der Waals surface area contributed by atoms with Crippen LogP contribution in [0.3, 0.4) is 0 Å². The number of amides is 1. The highest BCUT2D eigenvalue weighted by molar-refractivity contribution is 7.89. The van der Waals surface area contributed by atoms with Crippen LogP contribution in [0.25, 0.3) is 0 Å². The van der Waals surface area contributed by atoms with E-state index < -0.39 is 26.8 Å². The molecule has 1 saturated heterocycles. The Morgan fingerprint density at radius 1 is 1.43 bits per heavy atom. The minimum absolute atomic E-state index is 0.118. The van der Waals surface area contributed by atoms with Gasteiger partial charge in [-0.05, 0) is 31.0 Å². The van der Waals surface area contributed by atoms with Crippen LogP contribution in [0.15, 0.2) is 23.1 Å². The Kier molecular flexibility index (Phi) is 4.85. The molecule has 1 heterocycles. The molecule has 1 aliphatic heterocycles. The van der Waals surface area contributed by atoms with Gasteiger partial charge in [0.05, 0.1) is 0 Å². The largest absolute Gasteiger partial charge is 0.358 e. The molecular weight excluding hydrogens is 319 g/mol. The van der Waals surface area contributed by atoms with Crippen molar-refractivity contribution in [1.82, 2.24) is 9.62 Å². The second-order valence-electron chi connectivity index (χ2n) is 4.82. The summed E-state index contributed by atoms with van der Waals surface area (Å²) in [4.78, 5) is 11.4. The standard InChI is InChI=1S/C13H16ClFN2O3S/c1-16-13(18)11-4-2-3-7-17(11)21(19,20)12-6-5-9(14)8-10(12)15/h5-6,8,11H,2-4,7H2,1H3,(H,16,18). The Balaban J connectivity index is 2.43. The first-order valence-corrected chi connectivity index (χ1v) is 8.38. The zero-order valence-electron chi connectivity index (χ0n) is 11.5. The van der Waals surface area contributed by atoms with Gasteiger partial charge in [-0.2, -0.15) is 4.31 Å². The van der Waals surface area contributed by atoms with E-state index in [9.17, 15) is 17.6 Å². The van der Waals surface area contributed by atoms with Gasteiger partial charge in [-0.25, -0.2) is 12.8 Å². The van der Waals surface area contributed by atoms with E-state index in [1.54, 1.807) is 0 Å². The number of hydrogen-bond acceptors (Lipinski definition) is 3. The van der Waals surface area contributed by atoms with Crippen molar-refractivity contribution in [3.05, 3.63) is 29.0 Å². The Hall–Kier alpha value is -1.18. The van der Waals surface area contributed by atoms with Crippen molar-refractivity contribution in [2.24, 2.45) is 0 Å². The molecular formula is C13H16ClFN2O3S. The van der Waals surface area contributed by atoms with Crippen LogP contribution in [0.4, 0.5) is 4.39 Å². The topological polar surface area (TPSA) is 66.5 Å². The summed E-state index contributed by atoms with van der Waals surface area (Å²) in [6, 6.07) is 2.59. The van der Waals surface area contributed by atoms with Gasteiger partial charge in [-0.1, -0.05) is 18.0 Å². The van der Waals surface area contributed by atoms with Crippen molar-refractivity contribution in [3.8, 4) is 0 Å². The van der Waals surface area contributed by atoms with Crippen molar-refractivity contribution in [2.45, 2.75) is 30.2 Å². The average molecular weight is 335 g/mol. The van der Waals surface area contributed by atoms with Gasteiger partial charge >= 0.3 is 0 Å². The van der Waals surface area contributed by atoms with Crippen molar-refractivity contribution < 1.29 is 17.6 Å². The number of benzene rings is 1. The number of halogens is 2. The van der Waals surface area contributed by atoms with Crippen LogP contribution < -0.4 is 5.32 Å². The van der Waals surface area contributed by atoms with Gasteiger partial charge < -0.3 is 5.32 Å². The van der Waals surface area contributed by atoms with E-state index in [0.29, 0.717) is 12.8 Å². The third-order valence-electron chi connectivity index (χ3n) is 3.48. The SMILES string of the molecule is CNC(=O)C1CCCCN1S(=O)(=O)c1ccc(Cl)cc1F. The van der Waals surface area contributed by atoms with Crippen LogP contribution in [0, 0.1) is 5.82 Å². The lowest BCUT2D eigenvalue weighted by molar-refractivity contribution is -0.125. The molecule has 1 atom stereocenters. The first kappa shape index (κ1) is 16.2. The summed E-state index contributed by atoms with van der Waals surface area (Å²) in [6.45, 7) is 0.197. The fraction of sp³-hybridized carbons (Fsp3) is 0.462. The lowest BCUT2D eigenvalue weighted by Gasteiger charge is -2.33. The molecule has 0 spiro atoms. The molecule has 116 valence electrons. The number of carbonyl (C=O) groups excluding carboxylic acids is 1. The Morgan fingerprint density at radius 2 is 2.14 bits per heavy atom. The lowest BCUT2D eigenvalue weighted by Crippen LogP contribution is -2.51. The quantitative estimate of drug-likeness (QED) is 0.916. The van der Waals surface area contributed by atoms with E-state index in [4.69, 9.17) is 11.6 Å². The van der Waals surface area contributed by atoms with E-state index in [-0.39, 0.29) is 17.5 Å². The maximum atomic E-state index is 13.9. The molecule has 0 radical (unpaired) electrons. The third-order valence-corrected chi connectivity index (χ3v) is 5.66. The van der Waals surface area contributed by atoms with Crippen LogP contribution in [-0.2, 0) is 14.8 Å². The predicted molar refractivity (Wildman–Crippen MR) is 77.0 cm³/mol. The van der Waals surface area contributed by atoms with Gasteiger partial charge in [0.15, 0.2) is 0 Å². The molecule has 0 aliphatic carbocycles. The number of sulfonamides is 1. The second kappa shape index (κ2) is 6.29. The molecule has 21 heavy (non-hydrogen) atoms. The molecule has 1 aromatic carbocycles. The van der Waals surface area contributed by atoms with E-state index in [1.165, 1.54) is 13.1 Å². The summed E-state index contributed by atoms with van der Waals surface area (Å²) in [5.74, 6) is -1.30. The molecule has 8 heteroatoms. The van der Waals surface area contributed by atoms with E-state index in [2.05, 4.69) is 5.32 Å². The number of hydrogen-bond donors (Lipinski definition) is 1. The number of rotatable bonds is 3. The summed E-state index contributed by atoms with van der Waals surface area (Å²) < 4.78 is 40.2. The van der Waals surface area contributed by atoms with Crippen LogP contribution in [0.1, 0.15) is 19.3 Å². The molecule has 5 nitrogen and oxygen atoms in total. The summed E-state index contributed by atoms with van der Waals surface area (Å²) in [5.41, 5.74) is 0. The van der Waals surface area contributed by atoms with E-state index in [1.807, 2.05) is 0 Å². The minimum atomic E-state index is -4.07. The summed E-state index contributed by atoms with van der Waals surface area (Å²) in [5, 5.41) is 2.57. The Labute approximate surface area is 128 Å². The number of nitrogens with one attached hydrogen (secondary N) is 1. The average Bonchev–Trinajstić information content (AvgIpc) is 2.46. The zero-order valence-corrected chi connectivity index (χ0v) is 13.0. The van der Waals surface area contributed by atoms with Crippen molar-refractivity contribution in [2.75, 3.05) is 13.6 Å². The van der Waals surface area contributed by atoms with Gasteiger partial charge in [-0.3, -0.25) is 4.79 Å². The molecule has 1 N–H and O–H groups in total. The highest BCUT2D eigenvalue weighted by Crippen LogP contribution is 2.28. The van der Waals surface area contributed by atoms with Gasteiger partial charge in [0.2, 0.25) is 15.9 Å². The fourth-order valence-corrected chi connectivity index (χ4v) is 4.29. The lowest BCUT2D eigenvalue weighted by atomic mass is 10.0. The number of nitrogens with zero attached hydrogens (tertiary/aromatic N) is 1. The van der Waals surface area contributed by atoms with Crippen LogP contribution in [-0.4, -0.2) is 38.3 Å². The highest BCUT2D eigenvalue weighted by Gasteiger charge is 2.38. The smallest absolute Gasteiger partial charge is 0.246 e. The minimum Gasteiger partial charge on any atom is -0.358 e. The Morgan fingerprint density at radius 3 is 2.76 bits per heavy atom. The van der Waals surface area contributed by atoms with E-state index >= 15 is 0 Å². The molecule has 0 saturated carbocycles. The molecule has 1 aromatic rings. The molecule has 0 bridgehead atoms. The first-order chi connectivity index (χ1) is 9.87. The molecule has 0 aromatic heterocycles. The molecule has 1 aliphatic rings. The van der Waals surface area contributed by atoms with Crippen molar-refractivity contribution in [3.63, 3.8) is 0 Å². The normalized spacial score (nSPS) is 20.2. The van der Waals surface area contributed by atoms with Crippen molar-refractivity contribution in [1.29, 1.82) is 0 Å². The number of likely N-dealkylation sites (N-methyl/N-ethyl adjacent to an activating group) is 1. The molecule has 1 fully saturated rings. The van der Waals surface area contributed by atoms with Gasteiger partial charge in [0, 0.05) is 18.6 Å². The Bertz CT molecular complexity index is 651. The maximum absolute atomic E-state index is 13.9. The number of carbonyl (C=O) groups is 1. The predicted octanol–water partition coefficient (Wildman–Crippen LogP) is 1.77. The van der Waals surface area contributed by atoms with Crippen LogP contribution in [0.2, 0.25) is 5.02 Å². The zero-order chi connectivity index (χ0) is 15.6. The first-order valence-electron chi connectivity index (χ1n) is 6.56. The molecule has 1 unspecified atom stereocenters. The second-order valence-corrected chi connectivity index (χ2v) is 7.11. The molecule has 2 rings (SSSR count). The van der Waals surface area contributed by atoms with E-state index in [0.717, 1.165) is 22.9 Å². The van der Waals surface area contributed by atoms with Crippen LogP contribution >= 0.6 is 11.6 Å². The van der Waals surface area contributed by atoms with Crippen molar-refractivity contribution >= 4 is 27.5 Å². The number of piperidine rings is 1. The molecule has 1 amide bonds. The summed E-state index contributed by atoms with van der Waals surface area (Å²) in [7, 11) is -2.63. The van der Waals surface area contributed by atoms with Crippen LogP contribution in [0.5, 0.6) is 0 Å². The highest BCUT2D eigenvalue weighted by atomic mass is 35.5. The maximum Gasteiger partial charge on any atom is 0.246 e. The third kappa shape index (κ3) is 3.20. The monoisotopic (exact) mass is 334 g/mol. The summed E-state index contributed by atoms with van der Waals surface area (Å²) >= 11 is 5.64. The van der Waals surface area contributed by atoms with Gasteiger partial charge in [0.25, 0.3) is 0 Å². The summed E-state index contributed by atoms with van der Waals surface area (Å²) in [6.07, 6.45) is 1.82. The fourth-order valence-electron chi connectivity index (χ4n) is 2.43. The van der Waals surface area contributed by atoms with Gasteiger partial charge in [-0.15, -0.1) is 0 Å².